The number of carbonyl (C=O) groups excluding carboxylic acids is 2. The number of methoxy groups -OCH3 is 1. The number of nitrogens with one attached hydrogen (secondary N) is 1. The third-order valence-electron chi connectivity index (χ3n) is 4.09. The lowest BCUT2D eigenvalue weighted by Crippen LogP contribution is -2.45. The molecular weight excluding hydrogens is 280 g/mol. The first-order valence-electron chi connectivity index (χ1n) is 7.90. The van der Waals surface area contributed by atoms with Gasteiger partial charge in [-0.3, -0.25) is 4.79 Å². The second-order valence-corrected chi connectivity index (χ2v) is 5.61. The minimum absolute atomic E-state index is 0.137. The van der Waals surface area contributed by atoms with Crippen molar-refractivity contribution < 1.29 is 14.3 Å². The van der Waals surface area contributed by atoms with E-state index in [1.165, 1.54) is 13.5 Å². The minimum atomic E-state index is -0.284. The Labute approximate surface area is 131 Å². The van der Waals surface area contributed by atoms with Crippen LogP contribution in [0, 0.1) is 0 Å². The van der Waals surface area contributed by atoms with E-state index in [2.05, 4.69) is 10.1 Å². The Morgan fingerprint density at radius 2 is 1.86 bits per heavy atom. The molecule has 2 rings (SSSR count). The van der Waals surface area contributed by atoms with Crippen molar-refractivity contribution in [1.29, 1.82) is 0 Å². The highest BCUT2D eigenvalue weighted by Crippen LogP contribution is 2.23. The second kappa shape index (κ2) is 8.41. The molecule has 0 bridgehead atoms. The Morgan fingerprint density at radius 1 is 1.18 bits per heavy atom. The van der Waals surface area contributed by atoms with E-state index >= 15 is 0 Å². The number of hydrogen-bond donors (Lipinski definition) is 1. The summed E-state index contributed by atoms with van der Waals surface area (Å²) in [5, 5.41) is 2.92. The highest BCUT2D eigenvalue weighted by atomic mass is 16.5. The van der Waals surface area contributed by atoms with Gasteiger partial charge in [0.25, 0.3) is 0 Å². The van der Waals surface area contributed by atoms with Crippen LogP contribution < -0.4 is 5.32 Å². The lowest BCUT2D eigenvalue weighted by Gasteiger charge is -2.34. The van der Waals surface area contributed by atoms with Gasteiger partial charge >= 0.3 is 12.0 Å². The minimum Gasteiger partial charge on any atom is -0.469 e. The molecule has 0 atom stereocenters. The number of urea groups is 1. The zero-order valence-electron chi connectivity index (χ0n) is 13.1. The fourth-order valence-corrected chi connectivity index (χ4v) is 2.87. The molecule has 1 aliphatic rings. The molecule has 0 heterocycles. The smallest absolute Gasteiger partial charge is 0.322 e. The summed E-state index contributed by atoms with van der Waals surface area (Å²) in [4.78, 5) is 25.8. The number of rotatable bonds is 5. The summed E-state index contributed by atoms with van der Waals surface area (Å²) < 4.78 is 4.69. The van der Waals surface area contributed by atoms with E-state index in [9.17, 15) is 9.59 Å². The standard InChI is InChI=1S/C17H24N2O3/c1-22-16(20)12-13-19(15-10-6-3-7-11-15)17(21)18-14-8-4-2-5-9-14/h2,4-5,8-9,15H,3,6-7,10-13H2,1H3,(H,18,21). The SMILES string of the molecule is COC(=O)CCN(C(=O)Nc1ccccc1)C1CCCCC1. The van der Waals surface area contributed by atoms with Crippen molar-refractivity contribution in [2.45, 2.75) is 44.6 Å². The first-order chi connectivity index (χ1) is 10.7. The molecule has 0 saturated heterocycles. The topological polar surface area (TPSA) is 58.6 Å². The Kier molecular flexibility index (Phi) is 6.25. The van der Waals surface area contributed by atoms with Gasteiger partial charge in [-0.25, -0.2) is 4.79 Å². The molecule has 5 nitrogen and oxygen atoms in total. The van der Waals surface area contributed by atoms with Gasteiger partial charge in [0.15, 0.2) is 0 Å². The number of hydrogen-bond acceptors (Lipinski definition) is 3. The van der Waals surface area contributed by atoms with Gasteiger partial charge in [0.2, 0.25) is 0 Å². The Hall–Kier alpha value is -2.04. The van der Waals surface area contributed by atoms with E-state index in [1.807, 2.05) is 30.3 Å². The predicted octanol–water partition coefficient (Wildman–Crippen LogP) is 3.42. The molecule has 1 fully saturated rings. The number of ether oxygens (including phenoxy) is 1. The first kappa shape index (κ1) is 16.3. The van der Waals surface area contributed by atoms with Crippen LogP contribution in [-0.2, 0) is 9.53 Å². The third kappa shape index (κ3) is 4.76. The Balaban J connectivity index is 2.01. The van der Waals surface area contributed by atoms with E-state index in [0.29, 0.717) is 6.54 Å². The predicted molar refractivity (Wildman–Crippen MR) is 85.7 cm³/mol. The van der Waals surface area contributed by atoms with Crippen molar-refractivity contribution in [3.05, 3.63) is 30.3 Å². The van der Waals surface area contributed by atoms with Crippen molar-refractivity contribution in [3.8, 4) is 0 Å². The maximum atomic E-state index is 12.6. The summed E-state index contributed by atoms with van der Waals surface area (Å²) in [5.41, 5.74) is 0.770. The molecule has 5 heteroatoms. The molecule has 1 aromatic rings. The van der Waals surface area contributed by atoms with Gasteiger partial charge in [0.05, 0.1) is 13.5 Å². The van der Waals surface area contributed by atoms with Crippen LogP contribution in [0.2, 0.25) is 0 Å². The van der Waals surface area contributed by atoms with Crippen molar-refractivity contribution in [1.82, 2.24) is 4.90 Å². The Bertz CT molecular complexity index is 484. The summed E-state index contributed by atoms with van der Waals surface area (Å²) in [6, 6.07) is 9.47. The summed E-state index contributed by atoms with van der Waals surface area (Å²) in [6.45, 7) is 0.399. The summed E-state index contributed by atoms with van der Waals surface area (Å²) in [7, 11) is 1.37. The van der Waals surface area contributed by atoms with Crippen LogP contribution in [-0.4, -0.2) is 36.6 Å². The molecule has 0 spiro atoms. The monoisotopic (exact) mass is 304 g/mol. The Morgan fingerprint density at radius 3 is 2.50 bits per heavy atom. The van der Waals surface area contributed by atoms with E-state index in [-0.39, 0.29) is 24.5 Å². The van der Waals surface area contributed by atoms with Crippen LogP contribution >= 0.6 is 0 Å². The molecule has 0 radical (unpaired) electrons. The number of carbonyl (C=O) groups is 2. The molecule has 2 amide bonds. The van der Waals surface area contributed by atoms with Gasteiger partial charge in [-0.2, -0.15) is 0 Å². The number of nitrogens with zero attached hydrogens (tertiary/aromatic N) is 1. The van der Waals surface area contributed by atoms with Crippen LogP contribution in [0.25, 0.3) is 0 Å². The number of anilines is 1. The summed E-state index contributed by atoms with van der Waals surface area (Å²) in [5.74, 6) is -0.284. The molecule has 22 heavy (non-hydrogen) atoms. The van der Waals surface area contributed by atoms with Gasteiger partial charge in [0, 0.05) is 18.3 Å². The lowest BCUT2D eigenvalue weighted by atomic mass is 9.94. The van der Waals surface area contributed by atoms with E-state index in [0.717, 1.165) is 31.4 Å². The maximum absolute atomic E-state index is 12.6. The van der Waals surface area contributed by atoms with Crippen LogP contribution in [0.3, 0.4) is 0 Å². The normalized spacial score (nSPS) is 15.1. The van der Waals surface area contributed by atoms with Crippen LogP contribution in [0.15, 0.2) is 30.3 Å². The molecule has 1 aromatic carbocycles. The molecule has 1 saturated carbocycles. The van der Waals surface area contributed by atoms with Crippen molar-refractivity contribution >= 4 is 17.7 Å². The zero-order valence-corrected chi connectivity index (χ0v) is 13.1. The first-order valence-corrected chi connectivity index (χ1v) is 7.90. The molecule has 1 aliphatic carbocycles. The van der Waals surface area contributed by atoms with E-state index in [1.54, 1.807) is 4.90 Å². The van der Waals surface area contributed by atoms with Crippen molar-refractivity contribution in [2.24, 2.45) is 0 Å². The average molecular weight is 304 g/mol. The van der Waals surface area contributed by atoms with Crippen LogP contribution in [0.4, 0.5) is 10.5 Å². The van der Waals surface area contributed by atoms with Crippen molar-refractivity contribution in [2.75, 3.05) is 19.0 Å². The zero-order chi connectivity index (χ0) is 15.8. The van der Waals surface area contributed by atoms with Gasteiger partial charge in [-0.05, 0) is 25.0 Å². The molecule has 0 aliphatic heterocycles. The van der Waals surface area contributed by atoms with Crippen molar-refractivity contribution in [3.63, 3.8) is 0 Å². The molecule has 0 aromatic heterocycles. The molecule has 1 N–H and O–H groups in total. The highest BCUT2D eigenvalue weighted by Gasteiger charge is 2.26. The lowest BCUT2D eigenvalue weighted by molar-refractivity contribution is -0.140. The van der Waals surface area contributed by atoms with Crippen LogP contribution in [0.1, 0.15) is 38.5 Å². The fraction of sp³-hybridized carbons (Fsp3) is 0.529. The number of amides is 2. The number of benzene rings is 1. The molecule has 0 unspecified atom stereocenters. The quantitative estimate of drug-likeness (QED) is 0.848. The van der Waals surface area contributed by atoms with Gasteiger partial charge in [-0.15, -0.1) is 0 Å². The van der Waals surface area contributed by atoms with Gasteiger partial charge in [-0.1, -0.05) is 37.5 Å². The van der Waals surface area contributed by atoms with Gasteiger partial charge < -0.3 is 15.0 Å². The number of esters is 1. The average Bonchev–Trinajstić information content (AvgIpc) is 2.56. The largest absolute Gasteiger partial charge is 0.469 e. The highest BCUT2D eigenvalue weighted by molar-refractivity contribution is 5.89. The fourth-order valence-electron chi connectivity index (χ4n) is 2.87. The van der Waals surface area contributed by atoms with E-state index in [4.69, 9.17) is 0 Å². The number of para-hydroxylation sites is 1. The molecular formula is C17H24N2O3. The summed E-state index contributed by atoms with van der Waals surface area (Å²) >= 11 is 0. The molecule has 120 valence electrons. The third-order valence-corrected chi connectivity index (χ3v) is 4.09. The van der Waals surface area contributed by atoms with Crippen LogP contribution in [0.5, 0.6) is 0 Å². The summed E-state index contributed by atoms with van der Waals surface area (Å²) in [6.07, 6.45) is 5.74. The van der Waals surface area contributed by atoms with E-state index < -0.39 is 0 Å². The van der Waals surface area contributed by atoms with Gasteiger partial charge in [0.1, 0.15) is 0 Å². The maximum Gasteiger partial charge on any atom is 0.322 e. The second-order valence-electron chi connectivity index (χ2n) is 5.61.